The van der Waals surface area contributed by atoms with Gasteiger partial charge in [-0.15, -0.1) is 0 Å². The third-order valence-corrected chi connectivity index (χ3v) is 4.97. The highest BCUT2D eigenvalue weighted by Crippen LogP contribution is 2.33. The van der Waals surface area contributed by atoms with E-state index in [-0.39, 0.29) is 11.8 Å². The zero-order valence-electron chi connectivity index (χ0n) is 17.1. The first kappa shape index (κ1) is 19.5. The van der Waals surface area contributed by atoms with Crippen LogP contribution in [0.5, 0.6) is 5.75 Å². The summed E-state index contributed by atoms with van der Waals surface area (Å²) in [5.41, 5.74) is 3.73. The van der Waals surface area contributed by atoms with E-state index in [0.717, 1.165) is 22.3 Å². The van der Waals surface area contributed by atoms with Crippen LogP contribution in [0.1, 0.15) is 22.8 Å². The van der Waals surface area contributed by atoms with Crippen LogP contribution in [0.4, 0.5) is 5.69 Å². The van der Waals surface area contributed by atoms with Gasteiger partial charge >= 0.3 is 5.97 Å². The van der Waals surface area contributed by atoms with Gasteiger partial charge in [0.15, 0.2) is 11.5 Å². The molecule has 0 bridgehead atoms. The van der Waals surface area contributed by atoms with Crippen LogP contribution >= 0.6 is 0 Å². The molecule has 0 saturated carbocycles. The second kappa shape index (κ2) is 7.87. The molecule has 0 aliphatic heterocycles. The number of ether oxygens (including phenoxy) is 1. The number of fused-ring (bicyclic) bond motifs is 1. The second-order valence-electron chi connectivity index (χ2n) is 7.27. The molecule has 4 aromatic rings. The van der Waals surface area contributed by atoms with Crippen molar-refractivity contribution in [3.05, 3.63) is 90.1 Å². The molecule has 0 fully saturated rings. The van der Waals surface area contributed by atoms with Gasteiger partial charge < -0.3 is 14.2 Å². The maximum Gasteiger partial charge on any atom is 0.308 e. The van der Waals surface area contributed by atoms with Crippen LogP contribution in [0.25, 0.3) is 16.6 Å². The Balaban J connectivity index is 1.97. The van der Waals surface area contributed by atoms with E-state index in [2.05, 4.69) is 0 Å². The third kappa shape index (κ3) is 3.57. The first-order valence-corrected chi connectivity index (χ1v) is 9.65. The normalized spacial score (nSPS) is 10.8. The van der Waals surface area contributed by atoms with Crippen LogP contribution in [0.15, 0.2) is 79.0 Å². The van der Waals surface area contributed by atoms with E-state index in [4.69, 9.17) is 4.74 Å². The Morgan fingerprint density at radius 1 is 0.900 bits per heavy atom. The lowest BCUT2D eigenvalue weighted by molar-refractivity contribution is -0.131. The predicted octanol–water partition coefficient (Wildman–Crippen LogP) is 4.85. The molecule has 0 spiro atoms. The highest BCUT2D eigenvalue weighted by atomic mass is 16.5. The van der Waals surface area contributed by atoms with Crippen molar-refractivity contribution in [1.82, 2.24) is 4.57 Å². The maximum atomic E-state index is 13.3. The van der Waals surface area contributed by atoms with Crippen molar-refractivity contribution in [1.29, 1.82) is 0 Å². The summed E-state index contributed by atoms with van der Waals surface area (Å²) in [5, 5.41) is 0.807. The molecular formula is C25H22N2O3. The van der Waals surface area contributed by atoms with E-state index in [1.54, 1.807) is 6.20 Å². The minimum absolute atomic E-state index is 0.0669. The monoisotopic (exact) mass is 398 g/mol. The van der Waals surface area contributed by atoms with Crippen molar-refractivity contribution in [3.63, 3.8) is 0 Å². The number of aromatic nitrogens is 1. The summed E-state index contributed by atoms with van der Waals surface area (Å²) in [4.78, 5) is 26.9. The lowest BCUT2D eigenvalue weighted by atomic mass is 10.0. The molecule has 0 saturated heterocycles. The number of hydrogen-bond acceptors (Lipinski definition) is 4. The zero-order valence-corrected chi connectivity index (χ0v) is 17.1. The zero-order chi connectivity index (χ0) is 21.3. The van der Waals surface area contributed by atoms with Crippen molar-refractivity contribution in [2.75, 3.05) is 19.0 Å². The Morgan fingerprint density at radius 3 is 2.30 bits per heavy atom. The average molecular weight is 398 g/mol. The molecule has 3 aromatic carbocycles. The number of benzene rings is 3. The fourth-order valence-corrected chi connectivity index (χ4v) is 3.52. The minimum Gasteiger partial charge on any atom is -0.424 e. The number of nitrogens with zero attached hydrogens (tertiary/aromatic N) is 2. The van der Waals surface area contributed by atoms with Crippen LogP contribution < -0.4 is 9.64 Å². The fraction of sp³-hybridized carbons (Fsp3) is 0.120. The van der Waals surface area contributed by atoms with Gasteiger partial charge in [0.05, 0.1) is 17.4 Å². The third-order valence-electron chi connectivity index (χ3n) is 4.97. The molecular weight excluding hydrogens is 376 g/mol. The Kier molecular flexibility index (Phi) is 5.11. The van der Waals surface area contributed by atoms with Crippen molar-refractivity contribution < 1.29 is 14.3 Å². The van der Waals surface area contributed by atoms with Gasteiger partial charge in [-0.2, -0.15) is 0 Å². The first-order valence-electron chi connectivity index (χ1n) is 9.65. The molecule has 4 rings (SSSR count). The van der Waals surface area contributed by atoms with Gasteiger partial charge in [0, 0.05) is 43.2 Å². The Hall–Kier alpha value is -3.86. The van der Waals surface area contributed by atoms with E-state index in [9.17, 15) is 9.59 Å². The van der Waals surface area contributed by atoms with E-state index >= 15 is 0 Å². The summed E-state index contributed by atoms with van der Waals surface area (Å²) in [7, 11) is 3.91. The van der Waals surface area contributed by atoms with Gasteiger partial charge in [0.1, 0.15) is 0 Å². The van der Waals surface area contributed by atoms with E-state index in [1.165, 1.54) is 6.92 Å². The van der Waals surface area contributed by atoms with E-state index in [0.29, 0.717) is 16.9 Å². The fourth-order valence-electron chi connectivity index (χ4n) is 3.52. The van der Waals surface area contributed by atoms with Gasteiger partial charge in [-0.3, -0.25) is 9.59 Å². The lowest BCUT2D eigenvalue weighted by Gasteiger charge is -2.17. The molecule has 1 heterocycles. The molecule has 0 atom stereocenters. The predicted molar refractivity (Wildman–Crippen MR) is 119 cm³/mol. The average Bonchev–Trinajstić information content (AvgIpc) is 3.11. The summed E-state index contributed by atoms with van der Waals surface area (Å²) in [5.74, 6) is 0.00900. The molecule has 1 aromatic heterocycles. The van der Waals surface area contributed by atoms with Crippen LogP contribution in [-0.4, -0.2) is 30.4 Å². The van der Waals surface area contributed by atoms with Gasteiger partial charge in [-0.05, 0) is 30.3 Å². The minimum atomic E-state index is -0.388. The largest absolute Gasteiger partial charge is 0.424 e. The number of esters is 1. The first-order chi connectivity index (χ1) is 14.5. The highest BCUT2D eigenvalue weighted by molar-refractivity contribution is 6.12. The maximum absolute atomic E-state index is 13.3. The van der Waals surface area contributed by atoms with Gasteiger partial charge in [-0.1, -0.05) is 42.5 Å². The summed E-state index contributed by atoms with van der Waals surface area (Å²) in [6, 6.07) is 22.6. The van der Waals surface area contributed by atoms with Crippen molar-refractivity contribution in [2.45, 2.75) is 6.92 Å². The number of anilines is 1. The summed E-state index contributed by atoms with van der Waals surface area (Å²) >= 11 is 0. The number of carbonyl (C=O) groups is 2. The number of ketones is 1. The molecule has 0 radical (unpaired) electrons. The van der Waals surface area contributed by atoms with Crippen LogP contribution in [0, 0.1) is 0 Å². The van der Waals surface area contributed by atoms with Gasteiger partial charge in [-0.25, -0.2) is 0 Å². The quantitative estimate of drug-likeness (QED) is 0.356. The molecule has 150 valence electrons. The molecule has 0 amide bonds. The SMILES string of the molecule is CC(=O)Oc1cn(-c2cc(N(C)C)ccc2C(=O)c2ccccc2)c2ccccc12. The lowest BCUT2D eigenvalue weighted by Crippen LogP contribution is -2.12. The summed E-state index contributed by atoms with van der Waals surface area (Å²) in [6.45, 7) is 1.38. The molecule has 0 N–H and O–H groups in total. The number of hydrogen-bond donors (Lipinski definition) is 0. The number of para-hydroxylation sites is 1. The number of rotatable bonds is 5. The van der Waals surface area contributed by atoms with E-state index in [1.807, 2.05) is 96.4 Å². The van der Waals surface area contributed by atoms with Gasteiger partial charge in [0.25, 0.3) is 0 Å². The van der Waals surface area contributed by atoms with Gasteiger partial charge in [0.2, 0.25) is 0 Å². The summed E-state index contributed by atoms with van der Waals surface area (Å²) in [6.07, 6.45) is 1.77. The Labute approximate surface area is 175 Å². The van der Waals surface area contributed by atoms with Crippen LogP contribution in [0.3, 0.4) is 0 Å². The second-order valence-corrected chi connectivity index (χ2v) is 7.27. The topological polar surface area (TPSA) is 51.5 Å². The van der Waals surface area contributed by atoms with E-state index < -0.39 is 0 Å². The van der Waals surface area contributed by atoms with Crippen LogP contribution in [0.2, 0.25) is 0 Å². The van der Waals surface area contributed by atoms with Crippen molar-refractivity contribution in [2.24, 2.45) is 0 Å². The molecule has 0 aliphatic carbocycles. The van der Waals surface area contributed by atoms with Crippen molar-refractivity contribution >= 4 is 28.3 Å². The van der Waals surface area contributed by atoms with Crippen LogP contribution in [-0.2, 0) is 4.79 Å². The Morgan fingerprint density at radius 2 is 1.60 bits per heavy atom. The molecule has 5 nitrogen and oxygen atoms in total. The highest BCUT2D eigenvalue weighted by Gasteiger charge is 2.19. The molecule has 30 heavy (non-hydrogen) atoms. The number of carbonyl (C=O) groups excluding carboxylic acids is 2. The molecule has 0 aliphatic rings. The Bertz CT molecular complexity index is 1240. The molecule has 0 unspecified atom stereocenters. The van der Waals surface area contributed by atoms with Crippen molar-refractivity contribution in [3.8, 4) is 11.4 Å². The standard InChI is InChI=1S/C25H22N2O3/c1-17(28)30-24-16-27(22-12-8-7-11-20(22)24)23-15-19(26(2)3)13-14-21(23)25(29)18-9-5-4-6-10-18/h4-16H,1-3H3. The summed E-state index contributed by atoms with van der Waals surface area (Å²) < 4.78 is 7.35. The molecule has 5 heteroatoms. The smallest absolute Gasteiger partial charge is 0.308 e.